The third kappa shape index (κ3) is 3.06. The van der Waals surface area contributed by atoms with Crippen LogP contribution in [0.25, 0.3) is 11.1 Å². The molecule has 0 amide bonds. The van der Waals surface area contributed by atoms with Crippen molar-refractivity contribution in [2.24, 2.45) is 5.92 Å². The van der Waals surface area contributed by atoms with E-state index < -0.39 is 0 Å². The fourth-order valence-electron chi connectivity index (χ4n) is 3.43. The number of aryl methyl sites for hydroxylation is 1. The third-order valence-electron chi connectivity index (χ3n) is 4.95. The minimum absolute atomic E-state index is 0.206. The number of rotatable bonds is 2. The molecule has 0 radical (unpaired) electrons. The summed E-state index contributed by atoms with van der Waals surface area (Å²) < 4.78 is 27.9. The first-order valence-corrected chi connectivity index (χ1v) is 8.10. The molecule has 0 aliphatic heterocycles. The first kappa shape index (κ1) is 15.2. The normalized spacial score (nSPS) is 21.8. The van der Waals surface area contributed by atoms with Crippen molar-refractivity contribution in [3.63, 3.8) is 0 Å². The first-order chi connectivity index (χ1) is 10.5. The van der Waals surface area contributed by atoms with Crippen molar-refractivity contribution in [1.82, 2.24) is 0 Å². The number of hydrogen-bond acceptors (Lipinski definition) is 0. The van der Waals surface area contributed by atoms with Crippen molar-refractivity contribution in [2.75, 3.05) is 0 Å². The van der Waals surface area contributed by atoms with Crippen molar-refractivity contribution in [1.29, 1.82) is 0 Å². The van der Waals surface area contributed by atoms with Gasteiger partial charge in [0.05, 0.1) is 0 Å². The summed E-state index contributed by atoms with van der Waals surface area (Å²) >= 11 is 0. The number of benzene rings is 2. The summed E-state index contributed by atoms with van der Waals surface area (Å²) in [5.41, 5.74) is 2.94. The van der Waals surface area contributed by atoms with E-state index >= 15 is 0 Å². The Morgan fingerprint density at radius 3 is 2.23 bits per heavy atom. The lowest BCUT2D eigenvalue weighted by Crippen LogP contribution is -2.11. The number of hydrogen-bond donors (Lipinski definition) is 0. The molecule has 0 nitrogen and oxygen atoms in total. The summed E-state index contributed by atoms with van der Waals surface area (Å²) in [4.78, 5) is 0. The van der Waals surface area contributed by atoms with Gasteiger partial charge < -0.3 is 0 Å². The van der Waals surface area contributed by atoms with Gasteiger partial charge in [0, 0.05) is 5.56 Å². The Balaban J connectivity index is 1.87. The molecule has 2 heteroatoms. The zero-order valence-corrected chi connectivity index (χ0v) is 13.2. The molecule has 0 saturated heterocycles. The summed E-state index contributed by atoms with van der Waals surface area (Å²) in [6.07, 6.45) is 4.75. The van der Waals surface area contributed by atoms with E-state index in [0.717, 1.165) is 29.9 Å². The van der Waals surface area contributed by atoms with Gasteiger partial charge in [-0.05, 0) is 66.5 Å². The van der Waals surface area contributed by atoms with Gasteiger partial charge >= 0.3 is 0 Å². The van der Waals surface area contributed by atoms with Crippen LogP contribution >= 0.6 is 0 Å². The van der Waals surface area contributed by atoms with Gasteiger partial charge in [0.15, 0.2) is 0 Å². The fourth-order valence-corrected chi connectivity index (χ4v) is 3.43. The molecule has 22 heavy (non-hydrogen) atoms. The Labute approximate surface area is 131 Å². The van der Waals surface area contributed by atoms with Crippen LogP contribution < -0.4 is 0 Å². The van der Waals surface area contributed by atoms with Crippen LogP contribution in [-0.2, 0) is 0 Å². The van der Waals surface area contributed by atoms with E-state index in [0.29, 0.717) is 17.0 Å². The van der Waals surface area contributed by atoms with Gasteiger partial charge in [0.1, 0.15) is 11.6 Å². The lowest BCUT2D eigenvalue weighted by molar-refractivity contribution is 0.347. The topological polar surface area (TPSA) is 0 Å². The van der Waals surface area contributed by atoms with E-state index in [1.807, 2.05) is 12.1 Å². The maximum Gasteiger partial charge on any atom is 0.131 e. The Morgan fingerprint density at radius 2 is 1.59 bits per heavy atom. The molecule has 0 spiro atoms. The molecule has 0 aromatic heterocycles. The molecule has 0 unspecified atom stereocenters. The molecule has 1 fully saturated rings. The second-order valence-corrected chi connectivity index (χ2v) is 6.66. The van der Waals surface area contributed by atoms with Crippen LogP contribution in [0, 0.1) is 24.5 Å². The molecule has 0 atom stereocenters. The van der Waals surface area contributed by atoms with Crippen molar-refractivity contribution >= 4 is 0 Å². The molecule has 0 heterocycles. The van der Waals surface area contributed by atoms with Crippen molar-refractivity contribution in [3.05, 3.63) is 59.2 Å². The molecule has 1 saturated carbocycles. The van der Waals surface area contributed by atoms with E-state index in [4.69, 9.17) is 0 Å². The average Bonchev–Trinajstić information content (AvgIpc) is 2.51. The molecule has 2 aromatic carbocycles. The van der Waals surface area contributed by atoms with Crippen LogP contribution in [-0.4, -0.2) is 0 Å². The summed E-state index contributed by atoms with van der Waals surface area (Å²) in [5.74, 6) is 0.816. The van der Waals surface area contributed by atoms with Crippen molar-refractivity contribution in [2.45, 2.75) is 45.4 Å². The average molecular weight is 300 g/mol. The van der Waals surface area contributed by atoms with Crippen LogP contribution in [0.2, 0.25) is 0 Å². The zero-order valence-electron chi connectivity index (χ0n) is 13.2. The lowest BCUT2D eigenvalue weighted by Gasteiger charge is -2.26. The van der Waals surface area contributed by atoms with Crippen LogP contribution in [0.3, 0.4) is 0 Å². The molecular weight excluding hydrogens is 278 g/mol. The largest absolute Gasteiger partial charge is 0.207 e. The predicted molar refractivity (Wildman–Crippen MR) is 86.9 cm³/mol. The summed E-state index contributed by atoms with van der Waals surface area (Å²) in [7, 11) is 0. The molecule has 2 aromatic rings. The Hall–Kier alpha value is -1.70. The molecule has 0 N–H and O–H groups in total. The van der Waals surface area contributed by atoms with E-state index in [9.17, 15) is 8.78 Å². The highest BCUT2D eigenvalue weighted by molar-refractivity contribution is 5.65. The van der Waals surface area contributed by atoms with Gasteiger partial charge in [-0.2, -0.15) is 0 Å². The summed E-state index contributed by atoms with van der Waals surface area (Å²) in [5, 5.41) is 0. The van der Waals surface area contributed by atoms with Crippen molar-refractivity contribution < 1.29 is 8.78 Å². The maximum atomic E-state index is 14.5. The number of halogens is 2. The second kappa shape index (κ2) is 6.20. The molecule has 1 aliphatic rings. The monoisotopic (exact) mass is 300 g/mol. The van der Waals surface area contributed by atoms with Gasteiger partial charge in [-0.1, -0.05) is 38.0 Å². The Morgan fingerprint density at radius 1 is 0.864 bits per heavy atom. The molecule has 3 rings (SSSR count). The van der Waals surface area contributed by atoms with Crippen LogP contribution in [0.5, 0.6) is 0 Å². The summed E-state index contributed by atoms with van der Waals surface area (Å²) in [6.45, 7) is 3.99. The highest BCUT2D eigenvalue weighted by Gasteiger charge is 2.20. The quantitative estimate of drug-likeness (QED) is 0.616. The van der Waals surface area contributed by atoms with Crippen LogP contribution in [0.4, 0.5) is 8.78 Å². The minimum Gasteiger partial charge on any atom is -0.207 e. The van der Waals surface area contributed by atoms with Crippen LogP contribution in [0.1, 0.15) is 49.7 Å². The fraction of sp³-hybridized carbons (Fsp3) is 0.400. The standard InChI is InChI=1S/C20H22F2/c1-13-3-5-15(6-4-13)16-7-9-18(20(22)12-16)17-8-10-19(21)14(2)11-17/h7-13,15H,3-6H2,1-2H3. The van der Waals surface area contributed by atoms with Crippen molar-refractivity contribution in [3.8, 4) is 11.1 Å². The van der Waals surface area contributed by atoms with Gasteiger partial charge in [-0.15, -0.1) is 0 Å². The Kier molecular flexibility index (Phi) is 4.28. The van der Waals surface area contributed by atoms with Gasteiger partial charge in [-0.25, -0.2) is 8.78 Å². The summed E-state index contributed by atoms with van der Waals surface area (Å²) in [6, 6.07) is 10.3. The second-order valence-electron chi connectivity index (χ2n) is 6.66. The van der Waals surface area contributed by atoms with Gasteiger partial charge in [0.2, 0.25) is 0 Å². The molecule has 0 bridgehead atoms. The van der Waals surface area contributed by atoms with E-state index in [1.165, 1.54) is 18.9 Å². The Bertz CT molecular complexity index is 667. The first-order valence-electron chi connectivity index (χ1n) is 8.10. The zero-order chi connectivity index (χ0) is 15.7. The smallest absolute Gasteiger partial charge is 0.131 e. The predicted octanol–water partition coefficient (Wildman–Crippen LogP) is 6.23. The van der Waals surface area contributed by atoms with Gasteiger partial charge in [0.25, 0.3) is 0 Å². The lowest BCUT2D eigenvalue weighted by atomic mass is 9.79. The highest BCUT2D eigenvalue weighted by atomic mass is 19.1. The highest BCUT2D eigenvalue weighted by Crippen LogP contribution is 2.37. The molecule has 116 valence electrons. The maximum absolute atomic E-state index is 14.5. The van der Waals surface area contributed by atoms with E-state index in [2.05, 4.69) is 6.92 Å². The van der Waals surface area contributed by atoms with E-state index in [1.54, 1.807) is 25.1 Å². The molecule has 1 aliphatic carbocycles. The van der Waals surface area contributed by atoms with E-state index in [-0.39, 0.29) is 11.6 Å². The molecular formula is C20H22F2. The SMILES string of the molecule is Cc1cc(-c2ccc(C3CCC(C)CC3)cc2F)ccc1F. The van der Waals surface area contributed by atoms with Gasteiger partial charge in [-0.3, -0.25) is 0 Å². The third-order valence-corrected chi connectivity index (χ3v) is 4.95. The minimum atomic E-state index is -0.253. The van der Waals surface area contributed by atoms with Crippen LogP contribution in [0.15, 0.2) is 36.4 Å².